The Morgan fingerprint density at radius 1 is 1.08 bits per heavy atom. The Balaban J connectivity index is 1.66. The van der Waals surface area contributed by atoms with Crippen LogP contribution in [0.15, 0.2) is 54.6 Å². The summed E-state index contributed by atoms with van der Waals surface area (Å²) in [6.07, 6.45) is 2.17. The lowest BCUT2D eigenvalue weighted by Crippen LogP contribution is -2.31. The van der Waals surface area contributed by atoms with Gasteiger partial charge in [-0.25, -0.2) is 4.79 Å². The number of rotatable bonds is 4. The van der Waals surface area contributed by atoms with E-state index in [1.807, 2.05) is 30.3 Å². The fraction of sp³-hybridized carbons (Fsp3) is 0.250. The normalized spacial score (nSPS) is 14.9. The molecule has 1 aliphatic heterocycles. The summed E-state index contributed by atoms with van der Waals surface area (Å²) < 4.78 is 10.8. The zero-order chi connectivity index (χ0) is 17.2. The minimum absolute atomic E-state index is 0.0845. The molecule has 0 saturated heterocycles. The Hall–Kier alpha value is -2.75. The highest BCUT2D eigenvalue weighted by Crippen LogP contribution is 2.35. The molecular formula is C20H21NO3. The molecule has 3 rings (SSSR count). The molecule has 0 saturated carbocycles. The standard InChI is InChI=1S/C20H21NO3/c1-14-12-20(2,3)21-18-10-9-16(11-17(14)18)24-19(22)13-23-15-7-5-4-6-8-15/h4-12,21H,13H2,1-3H3. The Bertz CT molecular complexity index is 779. The highest BCUT2D eigenvalue weighted by molar-refractivity contribution is 5.82. The summed E-state index contributed by atoms with van der Waals surface area (Å²) in [4.78, 5) is 12.0. The number of nitrogens with one attached hydrogen (secondary N) is 1. The van der Waals surface area contributed by atoms with Crippen LogP contribution in [-0.4, -0.2) is 18.1 Å². The van der Waals surface area contributed by atoms with Gasteiger partial charge in [-0.1, -0.05) is 24.3 Å². The molecule has 2 aromatic carbocycles. The van der Waals surface area contributed by atoms with E-state index in [0.29, 0.717) is 11.5 Å². The maximum absolute atomic E-state index is 12.0. The van der Waals surface area contributed by atoms with Crippen molar-refractivity contribution in [2.75, 3.05) is 11.9 Å². The van der Waals surface area contributed by atoms with E-state index in [4.69, 9.17) is 9.47 Å². The van der Waals surface area contributed by atoms with Crippen LogP contribution in [0.2, 0.25) is 0 Å². The second-order valence-corrected chi connectivity index (χ2v) is 6.46. The van der Waals surface area contributed by atoms with Crippen LogP contribution in [-0.2, 0) is 4.79 Å². The third-order valence-electron chi connectivity index (χ3n) is 3.78. The smallest absolute Gasteiger partial charge is 0.349 e. The highest BCUT2D eigenvalue weighted by atomic mass is 16.6. The Kier molecular flexibility index (Phi) is 4.30. The summed E-state index contributed by atoms with van der Waals surface area (Å²) in [5.74, 6) is 0.735. The van der Waals surface area contributed by atoms with E-state index in [1.54, 1.807) is 18.2 Å². The lowest BCUT2D eigenvalue weighted by molar-refractivity contribution is -0.136. The number of carbonyl (C=O) groups is 1. The molecule has 0 aliphatic carbocycles. The van der Waals surface area contributed by atoms with Crippen molar-refractivity contribution >= 4 is 17.2 Å². The summed E-state index contributed by atoms with van der Waals surface area (Å²) in [6, 6.07) is 14.8. The van der Waals surface area contributed by atoms with Crippen LogP contribution in [0.5, 0.6) is 11.5 Å². The second-order valence-electron chi connectivity index (χ2n) is 6.46. The van der Waals surface area contributed by atoms with Crippen LogP contribution in [0, 0.1) is 0 Å². The van der Waals surface area contributed by atoms with Gasteiger partial charge in [-0.3, -0.25) is 0 Å². The van der Waals surface area contributed by atoms with Crippen molar-refractivity contribution in [2.45, 2.75) is 26.3 Å². The van der Waals surface area contributed by atoms with Crippen LogP contribution in [0.1, 0.15) is 26.3 Å². The largest absolute Gasteiger partial charge is 0.482 e. The molecule has 0 atom stereocenters. The number of hydrogen-bond acceptors (Lipinski definition) is 4. The predicted octanol–water partition coefficient (Wildman–Crippen LogP) is 4.28. The summed E-state index contributed by atoms with van der Waals surface area (Å²) >= 11 is 0. The van der Waals surface area contributed by atoms with Gasteiger partial charge in [0.25, 0.3) is 0 Å². The topological polar surface area (TPSA) is 47.6 Å². The van der Waals surface area contributed by atoms with Gasteiger partial charge in [0.1, 0.15) is 11.5 Å². The van der Waals surface area contributed by atoms with Crippen LogP contribution in [0.3, 0.4) is 0 Å². The number of hydrogen-bond donors (Lipinski definition) is 1. The molecule has 4 heteroatoms. The number of ether oxygens (including phenoxy) is 2. The first-order valence-corrected chi connectivity index (χ1v) is 7.93. The molecule has 0 aromatic heterocycles. The van der Waals surface area contributed by atoms with E-state index < -0.39 is 5.97 Å². The zero-order valence-electron chi connectivity index (χ0n) is 14.1. The Labute approximate surface area is 142 Å². The molecule has 24 heavy (non-hydrogen) atoms. The molecule has 4 nitrogen and oxygen atoms in total. The van der Waals surface area contributed by atoms with Crippen LogP contribution >= 0.6 is 0 Å². The van der Waals surface area contributed by atoms with Gasteiger partial charge in [-0.2, -0.15) is 0 Å². The second kappa shape index (κ2) is 6.40. The van der Waals surface area contributed by atoms with E-state index in [2.05, 4.69) is 32.2 Å². The third-order valence-corrected chi connectivity index (χ3v) is 3.78. The van der Waals surface area contributed by atoms with Crippen molar-refractivity contribution in [1.29, 1.82) is 0 Å². The zero-order valence-corrected chi connectivity index (χ0v) is 14.1. The van der Waals surface area contributed by atoms with Crippen LogP contribution in [0.25, 0.3) is 5.57 Å². The van der Waals surface area contributed by atoms with E-state index in [0.717, 1.165) is 16.8 Å². The van der Waals surface area contributed by atoms with Crippen molar-refractivity contribution in [2.24, 2.45) is 0 Å². The molecule has 0 unspecified atom stereocenters. The first kappa shape index (κ1) is 16.1. The SMILES string of the molecule is CC1=CC(C)(C)Nc2ccc(OC(=O)COc3ccccc3)cc21. The van der Waals surface area contributed by atoms with Gasteiger partial charge in [-0.05, 0) is 56.7 Å². The Morgan fingerprint density at radius 2 is 1.83 bits per heavy atom. The van der Waals surface area contributed by atoms with Crippen molar-refractivity contribution < 1.29 is 14.3 Å². The summed E-state index contributed by atoms with van der Waals surface area (Å²) in [7, 11) is 0. The van der Waals surface area contributed by atoms with E-state index >= 15 is 0 Å². The number of anilines is 1. The molecule has 1 N–H and O–H groups in total. The van der Waals surface area contributed by atoms with Crippen molar-refractivity contribution in [3.63, 3.8) is 0 Å². The number of esters is 1. The van der Waals surface area contributed by atoms with E-state index in [-0.39, 0.29) is 12.1 Å². The molecule has 2 aromatic rings. The average molecular weight is 323 g/mol. The number of benzene rings is 2. The predicted molar refractivity (Wildman–Crippen MR) is 95.4 cm³/mol. The molecule has 0 radical (unpaired) electrons. The molecule has 0 amide bonds. The summed E-state index contributed by atoms with van der Waals surface area (Å²) in [5, 5.41) is 3.45. The number of carbonyl (C=O) groups excluding carboxylic acids is 1. The molecule has 1 heterocycles. The molecule has 0 spiro atoms. The van der Waals surface area contributed by atoms with Crippen molar-refractivity contribution in [1.82, 2.24) is 0 Å². The molecule has 124 valence electrons. The Morgan fingerprint density at radius 3 is 2.58 bits per heavy atom. The van der Waals surface area contributed by atoms with Gasteiger partial charge in [0.15, 0.2) is 6.61 Å². The van der Waals surface area contributed by atoms with E-state index in [9.17, 15) is 4.79 Å². The van der Waals surface area contributed by atoms with Gasteiger partial charge >= 0.3 is 5.97 Å². The van der Waals surface area contributed by atoms with Gasteiger partial charge in [0.2, 0.25) is 0 Å². The first-order chi connectivity index (χ1) is 11.4. The fourth-order valence-corrected chi connectivity index (χ4v) is 2.84. The van der Waals surface area contributed by atoms with Crippen molar-refractivity contribution in [3.05, 3.63) is 60.2 Å². The van der Waals surface area contributed by atoms with Crippen LogP contribution in [0.4, 0.5) is 5.69 Å². The minimum Gasteiger partial charge on any atom is -0.482 e. The third kappa shape index (κ3) is 3.77. The highest BCUT2D eigenvalue weighted by Gasteiger charge is 2.22. The lowest BCUT2D eigenvalue weighted by atomic mass is 9.91. The average Bonchev–Trinajstić information content (AvgIpc) is 2.54. The first-order valence-electron chi connectivity index (χ1n) is 7.93. The fourth-order valence-electron chi connectivity index (χ4n) is 2.84. The van der Waals surface area contributed by atoms with Gasteiger partial charge in [0, 0.05) is 11.3 Å². The lowest BCUT2D eigenvalue weighted by Gasteiger charge is -2.31. The quantitative estimate of drug-likeness (QED) is 0.674. The summed E-state index contributed by atoms with van der Waals surface area (Å²) in [6.45, 7) is 6.18. The molecule has 0 bridgehead atoms. The van der Waals surface area contributed by atoms with Gasteiger partial charge in [0.05, 0.1) is 5.54 Å². The number of allylic oxidation sites excluding steroid dienone is 1. The number of fused-ring (bicyclic) bond motifs is 1. The minimum atomic E-state index is -0.426. The van der Waals surface area contributed by atoms with E-state index in [1.165, 1.54) is 0 Å². The molecular weight excluding hydrogens is 302 g/mol. The van der Waals surface area contributed by atoms with Crippen molar-refractivity contribution in [3.8, 4) is 11.5 Å². The maximum atomic E-state index is 12.0. The van der Waals surface area contributed by atoms with Gasteiger partial charge in [-0.15, -0.1) is 0 Å². The number of para-hydroxylation sites is 1. The summed E-state index contributed by atoms with van der Waals surface area (Å²) in [5.41, 5.74) is 3.16. The monoisotopic (exact) mass is 323 g/mol. The van der Waals surface area contributed by atoms with Gasteiger partial charge < -0.3 is 14.8 Å². The maximum Gasteiger partial charge on any atom is 0.349 e. The molecule has 0 fully saturated rings. The van der Waals surface area contributed by atoms with Crippen LogP contribution < -0.4 is 14.8 Å². The molecule has 1 aliphatic rings.